The molecule has 0 heterocycles. The quantitative estimate of drug-likeness (QED) is 0.245. The molecule has 1 aromatic rings. The summed E-state index contributed by atoms with van der Waals surface area (Å²) in [5, 5.41) is 3.55. The van der Waals surface area contributed by atoms with Gasteiger partial charge in [0.25, 0.3) is 0 Å². The number of allylic oxidation sites excluding steroid dienone is 8. The van der Waals surface area contributed by atoms with Gasteiger partial charge in [-0.3, -0.25) is 0 Å². The predicted octanol–water partition coefficient (Wildman–Crippen LogP) is 6.53. The van der Waals surface area contributed by atoms with Crippen LogP contribution in [0.5, 0.6) is 0 Å². The number of nitrogens with one attached hydrogen (secondary N) is 1. The molecule has 0 unspecified atom stereocenters. The first kappa shape index (κ1) is 21.2. The number of hydrogen-bond acceptors (Lipinski definition) is 1. The maximum Gasteiger partial charge on any atom is 0.0208 e. The van der Waals surface area contributed by atoms with Gasteiger partial charge in [-0.25, -0.2) is 0 Å². The highest BCUT2D eigenvalue weighted by atomic mass is 14.8. The highest BCUT2D eigenvalue weighted by Crippen LogP contribution is 2.08. The van der Waals surface area contributed by atoms with Crippen molar-refractivity contribution in [2.24, 2.45) is 0 Å². The molecule has 0 aliphatic rings. The van der Waals surface area contributed by atoms with Crippen LogP contribution in [0.3, 0.4) is 0 Å². The first-order valence-electron chi connectivity index (χ1n) is 9.79. The van der Waals surface area contributed by atoms with Gasteiger partial charge in [0.05, 0.1) is 0 Å². The summed E-state index contributed by atoms with van der Waals surface area (Å²) in [5.41, 5.74) is 2.88. The molecule has 1 heteroatoms. The van der Waals surface area contributed by atoms with Gasteiger partial charge in [-0.1, -0.05) is 86.7 Å². The van der Waals surface area contributed by atoms with Crippen LogP contribution in [0.4, 0.5) is 0 Å². The van der Waals surface area contributed by atoms with Crippen LogP contribution < -0.4 is 5.32 Å². The minimum absolute atomic E-state index is 0.978. The molecule has 1 nitrogen and oxygen atoms in total. The fraction of sp³-hybridized carbons (Fsp3) is 0.417. The Morgan fingerprint density at radius 1 is 0.760 bits per heavy atom. The van der Waals surface area contributed by atoms with Crippen molar-refractivity contribution < 1.29 is 0 Å². The van der Waals surface area contributed by atoms with Gasteiger partial charge >= 0.3 is 0 Å². The summed E-state index contributed by atoms with van der Waals surface area (Å²) in [6.45, 7) is 6.43. The zero-order chi connectivity index (χ0) is 18.0. The van der Waals surface area contributed by atoms with Crippen LogP contribution in [0.25, 0.3) is 0 Å². The normalized spacial score (nSPS) is 12.4. The van der Waals surface area contributed by atoms with Gasteiger partial charge in [-0.2, -0.15) is 0 Å². The van der Waals surface area contributed by atoms with E-state index in [-0.39, 0.29) is 0 Å². The zero-order valence-electron chi connectivity index (χ0n) is 16.1. The van der Waals surface area contributed by atoms with Gasteiger partial charge in [0.2, 0.25) is 0 Å². The second kappa shape index (κ2) is 15.7. The summed E-state index contributed by atoms with van der Waals surface area (Å²) in [5.74, 6) is 0. The molecule has 1 rings (SSSR count). The molecule has 0 saturated heterocycles. The summed E-state index contributed by atoms with van der Waals surface area (Å²) in [7, 11) is 0. The second-order valence-electron chi connectivity index (χ2n) is 6.14. The lowest BCUT2D eigenvalue weighted by Gasteiger charge is -2.08. The summed E-state index contributed by atoms with van der Waals surface area (Å²) in [6.07, 6.45) is 24.3. The van der Waals surface area contributed by atoms with Gasteiger partial charge in [0.15, 0.2) is 0 Å². The van der Waals surface area contributed by atoms with E-state index in [2.05, 4.69) is 92.0 Å². The molecule has 0 bridgehead atoms. The summed E-state index contributed by atoms with van der Waals surface area (Å²) >= 11 is 0. The van der Waals surface area contributed by atoms with Crippen LogP contribution in [0.15, 0.2) is 72.9 Å². The molecule has 136 valence electrons. The lowest BCUT2D eigenvalue weighted by Crippen LogP contribution is -2.15. The van der Waals surface area contributed by atoms with Crippen molar-refractivity contribution in [3.05, 3.63) is 84.0 Å². The average molecular weight is 338 g/mol. The largest absolute Gasteiger partial charge is 0.313 e. The minimum Gasteiger partial charge on any atom is -0.313 e. The molecule has 0 fully saturated rings. The van der Waals surface area contributed by atoms with E-state index in [0.717, 1.165) is 45.2 Å². The SMILES string of the molecule is CC/C=C\CC/C=C/C=C\C=C\CCCNCc1ccccc1CC. The van der Waals surface area contributed by atoms with Crippen LogP contribution in [-0.4, -0.2) is 6.54 Å². The number of benzene rings is 1. The van der Waals surface area contributed by atoms with E-state index >= 15 is 0 Å². The van der Waals surface area contributed by atoms with Gasteiger partial charge in [0.1, 0.15) is 0 Å². The van der Waals surface area contributed by atoms with Gasteiger partial charge < -0.3 is 5.32 Å². The molecule has 0 saturated carbocycles. The lowest BCUT2D eigenvalue weighted by molar-refractivity contribution is 0.652. The molecule has 0 amide bonds. The van der Waals surface area contributed by atoms with Crippen molar-refractivity contribution in [3.8, 4) is 0 Å². The Morgan fingerprint density at radius 3 is 2.16 bits per heavy atom. The van der Waals surface area contributed by atoms with Crippen molar-refractivity contribution in [2.75, 3.05) is 6.54 Å². The highest BCUT2D eigenvalue weighted by Gasteiger charge is 1.98. The van der Waals surface area contributed by atoms with Crippen LogP contribution in [-0.2, 0) is 13.0 Å². The van der Waals surface area contributed by atoms with E-state index < -0.39 is 0 Å². The Balaban J connectivity index is 2.03. The van der Waals surface area contributed by atoms with E-state index in [9.17, 15) is 0 Å². The smallest absolute Gasteiger partial charge is 0.0208 e. The van der Waals surface area contributed by atoms with Crippen molar-refractivity contribution >= 4 is 0 Å². The van der Waals surface area contributed by atoms with Gasteiger partial charge in [-0.15, -0.1) is 0 Å². The molecule has 0 aliphatic carbocycles. The molecule has 25 heavy (non-hydrogen) atoms. The third kappa shape index (κ3) is 11.3. The van der Waals surface area contributed by atoms with E-state index in [0.29, 0.717) is 0 Å². The first-order chi connectivity index (χ1) is 12.4. The summed E-state index contributed by atoms with van der Waals surface area (Å²) in [4.78, 5) is 0. The molecule has 1 N–H and O–H groups in total. The molecule has 1 aromatic carbocycles. The Labute approximate surface area is 155 Å². The number of hydrogen-bond donors (Lipinski definition) is 1. The van der Waals surface area contributed by atoms with Crippen molar-refractivity contribution in [3.63, 3.8) is 0 Å². The van der Waals surface area contributed by atoms with Crippen molar-refractivity contribution in [1.82, 2.24) is 5.32 Å². The first-order valence-corrected chi connectivity index (χ1v) is 9.79. The number of unbranched alkanes of at least 4 members (excludes halogenated alkanes) is 2. The fourth-order valence-electron chi connectivity index (χ4n) is 2.60. The summed E-state index contributed by atoms with van der Waals surface area (Å²) in [6, 6.07) is 8.70. The standard InChI is InChI=1S/C24H35N/c1-3-5-6-7-8-9-10-11-12-13-14-15-18-21-25-22-24-20-17-16-19-23(24)4-2/h5-6,9-14,16-17,19-20,25H,3-4,7-8,15,18,21-22H2,1-2H3/b6-5-,10-9+,12-11-,14-13+. The topological polar surface area (TPSA) is 12.0 Å². The fourth-order valence-corrected chi connectivity index (χ4v) is 2.60. The molecule has 0 aromatic heterocycles. The van der Waals surface area contributed by atoms with E-state index in [1.807, 2.05) is 0 Å². The predicted molar refractivity (Wildman–Crippen MR) is 113 cm³/mol. The van der Waals surface area contributed by atoms with Crippen LogP contribution in [0.1, 0.15) is 57.1 Å². The Morgan fingerprint density at radius 2 is 1.44 bits per heavy atom. The van der Waals surface area contributed by atoms with Crippen LogP contribution >= 0.6 is 0 Å². The lowest BCUT2D eigenvalue weighted by atomic mass is 10.1. The number of rotatable bonds is 13. The minimum atomic E-state index is 0.978. The Kier molecular flexibility index (Phi) is 13.3. The van der Waals surface area contributed by atoms with E-state index in [1.54, 1.807) is 0 Å². The molecule has 0 aliphatic heterocycles. The maximum absolute atomic E-state index is 3.55. The monoisotopic (exact) mass is 337 g/mol. The zero-order valence-corrected chi connectivity index (χ0v) is 16.1. The van der Waals surface area contributed by atoms with Gasteiger partial charge in [0, 0.05) is 6.54 Å². The molecule has 0 spiro atoms. The maximum atomic E-state index is 3.55. The molecule has 0 radical (unpaired) electrons. The van der Waals surface area contributed by atoms with E-state index in [1.165, 1.54) is 17.5 Å². The Hall–Kier alpha value is -1.86. The second-order valence-corrected chi connectivity index (χ2v) is 6.14. The third-order valence-electron chi connectivity index (χ3n) is 4.05. The number of aryl methyl sites for hydroxylation is 1. The molecule has 0 atom stereocenters. The van der Waals surface area contributed by atoms with Crippen LogP contribution in [0, 0.1) is 0 Å². The molecular weight excluding hydrogens is 302 g/mol. The average Bonchev–Trinajstić information content (AvgIpc) is 2.65. The highest BCUT2D eigenvalue weighted by molar-refractivity contribution is 5.26. The third-order valence-corrected chi connectivity index (χ3v) is 4.05. The molecular formula is C24H35N. The van der Waals surface area contributed by atoms with Crippen LogP contribution in [0.2, 0.25) is 0 Å². The van der Waals surface area contributed by atoms with E-state index in [4.69, 9.17) is 0 Å². The summed E-state index contributed by atoms with van der Waals surface area (Å²) < 4.78 is 0. The van der Waals surface area contributed by atoms with Crippen molar-refractivity contribution in [2.45, 2.75) is 58.9 Å². The van der Waals surface area contributed by atoms with Crippen molar-refractivity contribution in [1.29, 1.82) is 0 Å². The van der Waals surface area contributed by atoms with Gasteiger partial charge in [-0.05, 0) is 56.2 Å². The Bertz CT molecular complexity index is 549.